The minimum absolute atomic E-state index is 0.641. The van der Waals surface area contributed by atoms with Crippen LogP contribution in [0.4, 0.5) is 0 Å². The van der Waals surface area contributed by atoms with Crippen LogP contribution in [0, 0.1) is 0 Å². The van der Waals surface area contributed by atoms with Crippen molar-refractivity contribution in [3.05, 3.63) is 11.6 Å². The van der Waals surface area contributed by atoms with Gasteiger partial charge in [-0.1, -0.05) is 11.6 Å². The van der Waals surface area contributed by atoms with Gasteiger partial charge >= 0.3 is 0 Å². The first-order chi connectivity index (χ1) is 10.8. The van der Waals surface area contributed by atoms with Gasteiger partial charge in [0.2, 0.25) is 0 Å². The maximum absolute atomic E-state index is 4.36. The number of hydrogen-bond acceptors (Lipinski definition) is 3. The maximum atomic E-state index is 4.36. The molecule has 1 atom stereocenters. The summed E-state index contributed by atoms with van der Waals surface area (Å²) in [5.74, 6) is 0.953. The number of nitrogens with zero attached hydrogens (tertiary/aromatic N) is 3. The summed E-state index contributed by atoms with van der Waals surface area (Å²) in [5, 5.41) is 6.98. The molecule has 1 aliphatic carbocycles. The van der Waals surface area contributed by atoms with Crippen molar-refractivity contribution < 1.29 is 0 Å². The number of hydrogen-bond donors (Lipinski definition) is 2. The van der Waals surface area contributed by atoms with Gasteiger partial charge in [0.1, 0.15) is 0 Å². The molecule has 0 radical (unpaired) electrons. The van der Waals surface area contributed by atoms with Crippen LogP contribution in [-0.2, 0) is 0 Å². The standard InChI is InChI=1S/C17H31N5/c1-18-17(19-8-7-15-5-3-2-4-6-15)20-13-16-14-21-9-11-22(16)12-10-21/h5,16H,2-4,6-14H2,1H3,(H2,18,19,20). The molecule has 0 amide bonds. The fourth-order valence-corrected chi connectivity index (χ4v) is 3.83. The van der Waals surface area contributed by atoms with Gasteiger partial charge < -0.3 is 10.6 Å². The Morgan fingerprint density at radius 1 is 1.23 bits per heavy atom. The Hall–Kier alpha value is -1.07. The smallest absolute Gasteiger partial charge is 0.191 e. The Balaban J connectivity index is 1.36. The molecule has 2 N–H and O–H groups in total. The van der Waals surface area contributed by atoms with E-state index >= 15 is 0 Å². The summed E-state index contributed by atoms with van der Waals surface area (Å²) in [6.07, 6.45) is 8.89. The molecule has 0 aromatic heterocycles. The van der Waals surface area contributed by atoms with Crippen molar-refractivity contribution in [2.24, 2.45) is 4.99 Å². The van der Waals surface area contributed by atoms with Crippen molar-refractivity contribution in [1.82, 2.24) is 20.4 Å². The monoisotopic (exact) mass is 305 g/mol. The molecule has 0 aromatic rings. The van der Waals surface area contributed by atoms with Crippen LogP contribution in [0.25, 0.3) is 0 Å². The Bertz CT molecular complexity index is 409. The van der Waals surface area contributed by atoms with E-state index in [2.05, 4.69) is 31.5 Å². The van der Waals surface area contributed by atoms with Crippen LogP contribution >= 0.6 is 0 Å². The highest BCUT2D eigenvalue weighted by atomic mass is 15.4. The number of aliphatic imine (C=N–C) groups is 1. The number of piperazine rings is 3. The average molecular weight is 305 g/mol. The topological polar surface area (TPSA) is 42.9 Å². The lowest BCUT2D eigenvalue weighted by atomic mass is 9.97. The molecule has 4 aliphatic rings. The van der Waals surface area contributed by atoms with E-state index in [-0.39, 0.29) is 0 Å². The van der Waals surface area contributed by atoms with E-state index in [4.69, 9.17) is 0 Å². The van der Waals surface area contributed by atoms with Crippen molar-refractivity contribution in [3.63, 3.8) is 0 Å². The second-order valence-corrected chi connectivity index (χ2v) is 6.73. The van der Waals surface area contributed by atoms with Gasteiger partial charge in [0.25, 0.3) is 0 Å². The first-order valence-corrected chi connectivity index (χ1v) is 8.94. The second kappa shape index (κ2) is 7.97. The third kappa shape index (κ3) is 4.23. The molecular formula is C17H31N5. The molecular weight excluding hydrogens is 274 g/mol. The lowest BCUT2D eigenvalue weighted by Gasteiger charge is -2.47. The Morgan fingerprint density at radius 2 is 2.09 bits per heavy atom. The van der Waals surface area contributed by atoms with E-state index in [0.717, 1.165) is 25.5 Å². The van der Waals surface area contributed by atoms with E-state index in [1.165, 1.54) is 58.4 Å². The van der Waals surface area contributed by atoms with Crippen LogP contribution in [0.15, 0.2) is 16.6 Å². The van der Waals surface area contributed by atoms with E-state index < -0.39 is 0 Å². The summed E-state index contributed by atoms with van der Waals surface area (Å²) < 4.78 is 0. The molecule has 2 bridgehead atoms. The van der Waals surface area contributed by atoms with Crippen LogP contribution in [0.3, 0.4) is 0 Å². The van der Waals surface area contributed by atoms with Crippen LogP contribution in [0.2, 0.25) is 0 Å². The highest BCUT2D eigenvalue weighted by molar-refractivity contribution is 5.79. The van der Waals surface area contributed by atoms with Crippen molar-refractivity contribution in [1.29, 1.82) is 0 Å². The molecule has 5 nitrogen and oxygen atoms in total. The van der Waals surface area contributed by atoms with Crippen molar-refractivity contribution in [3.8, 4) is 0 Å². The predicted molar refractivity (Wildman–Crippen MR) is 92.3 cm³/mol. The fraction of sp³-hybridized carbons (Fsp3) is 0.824. The number of rotatable bonds is 5. The fourth-order valence-electron chi connectivity index (χ4n) is 3.83. The summed E-state index contributed by atoms with van der Waals surface area (Å²) in [4.78, 5) is 9.56. The minimum Gasteiger partial charge on any atom is -0.356 e. The zero-order valence-electron chi connectivity index (χ0n) is 14.0. The lowest BCUT2D eigenvalue weighted by molar-refractivity contribution is 0.0154. The van der Waals surface area contributed by atoms with Gasteiger partial charge in [0, 0.05) is 58.9 Å². The van der Waals surface area contributed by atoms with Crippen molar-refractivity contribution in [2.75, 3.05) is 52.9 Å². The van der Waals surface area contributed by atoms with Crippen LogP contribution in [0.5, 0.6) is 0 Å². The maximum Gasteiger partial charge on any atom is 0.191 e. The SMILES string of the molecule is CN=C(NCCC1=CCCCC1)NCC1CN2CCN1CC2. The summed E-state index contributed by atoms with van der Waals surface area (Å²) in [5.41, 5.74) is 1.62. The third-order valence-corrected chi connectivity index (χ3v) is 5.24. The van der Waals surface area contributed by atoms with E-state index in [0.29, 0.717) is 6.04 Å². The Morgan fingerprint density at radius 3 is 2.73 bits per heavy atom. The molecule has 3 heterocycles. The molecule has 0 spiro atoms. The van der Waals surface area contributed by atoms with Crippen molar-refractivity contribution in [2.45, 2.75) is 38.1 Å². The molecule has 4 rings (SSSR count). The minimum atomic E-state index is 0.641. The van der Waals surface area contributed by atoms with Gasteiger partial charge in [-0.3, -0.25) is 14.8 Å². The highest BCUT2D eigenvalue weighted by Gasteiger charge is 2.31. The van der Waals surface area contributed by atoms with E-state index in [1.54, 1.807) is 5.57 Å². The van der Waals surface area contributed by atoms with Crippen molar-refractivity contribution >= 4 is 5.96 Å². The zero-order chi connectivity index (χ0) is 15.2. The van der Waals surface area contributed by atoms with E-state index in [9.17, 15) is 0 Å². The zero-order valence-corrected chi connectivity index (χ0v) is 14.0. The molecule has 0 aromatic carbocycles. The van der Waals surface area contributed by atoms with Gasteiger partial charge in [-0.05, 0) is 32.1 Å². The molecule has 3 saturated heterocycles. The first-order valence-electron chi connectivity index (χ1n) is 8.94. The normalized spacial score (nSPS) is 31.8. The molecule has 0 saturated carbocycles. The van der Waals surface area contributed by atoms with Gasteiger partial charge in [0.05, 0.1) is 0 Å². The highest BCUT2D eigenvalue weighted by Crippen LogP contribution is 2.19. The predicted octanol–water partition coefficient (Wildman–Crippen LogP) is 1.04. The lowest BCUT2D eigenvalue weighted by Crippen LogP contribution is -2.63. The average Bonchev–Trinajstić information content (AvgIpc) is 2.60. The van der Waals surface area contributed by atoms with E-state index in [1.807, 2.05) is 7.05 Å². The number of nitrogens with one attached hydrogen (secondary N) is 2. The molecule has 5 heteroatoms. The molecule has 22 heavy (non-hydrogen) atoms. The van der Waals surface area contributed by atoms with Gasteiger partial charge in [-0.2, -0.15) is 0 Å². The van der Waals surface area contributed by atoms with Gasteiger partial charge in [-0.15, -0.1) is 0 Å². The second-order valence-electron chi connectivity index (χ2n) is 6.73. The summed E-state index contributed by atoms with van der Waals surface area (Å²) in [6, 6.07) is 0.641. The van der Waals surface area contributed by atoms with Crippen LogP contribution < -0.4 is 10.6 Å². The van der Waals surface area contributed by atoms with Gasteiger partial charge in [0.15, 0.2) is 5.96 Å². The number of guanidine groups is 1. The number of allylic oxidation sites excluding steroid dienone is 1. The summed E-state index contributed by atoms with van der Waals surface area (Å²) >= 11 is 0. The summed E-state index contributed by atoms with van der Waals surface area (Å²) in [6.45, 7) is 8.15. The molecule has 3 aliphatic heterocycles. The molecule has 1 unspecified atom stereocenters. The van der Waals surface area contributed by atoms with Crippen LogP contribution in [-0.4, -0.2) is 74.7 Å². The number of fused-ring (bicyclic) bond motifs is 3. The molecule has 124 valence electrons. The quantitative estimate of drug-likeness (QED) is 0.452. The third-order valence-electron chi connectivity index (χ3n) is 5.24. The largest absolute Gasteiger partial charge is 0.356 e. The Labute approximate surface area is 134 Å². The first kappa shape index (κ1) is 15.8. The van der Waals surface area contributed by atoms with Crippen LogP contribution in [0.1, 0.15) is 32.1 Å². The van der Waals surface area contributed by atoms with Gasteiger partial charge in [-0.25, -0.2) is 0 Å². The molecule has 3 fully saturated rings. The summed E-state index contributed by atoms with van der Waals surface area (Å²) in [7, 11) is 1.87. The Kier molecular flexibility index (Phi) is 5.73.